The highest BCUT2D eigenvalue weighted by molar-refractivity contribution is 5.73. The van der Waals surface area contributed by atoms with E-state index in [1.54, 1.807) is 24.7 Å². The Bertz CT molecular complexity index is 546. The Morgan fingerprint density at radius 1 is 1.33 bits per heavy atom. The van der Waals surface area contributed by atoms with Crippen molar-refractivity contribution in [3.05, 3.63) is 42.2 Å². The molecular formula is C13H15N3O2. The second kappa shape index (κ2) is 4.60. The normalized spacial score (nSPS) is 11.4. The lowest BCUT2D eigenvalue weighted by molar-refractivity contribution is -0.146. The first kappa shape index (κ1) is 12.3. The SMILES string of the molecule is CC(C)(Cc1cnnn1-c1ccccc1)C(=O)O. The van der Waals surface area contributed by atoms with E-state index in [9.17, 15) is 4.79 Å². The first-order valence-corrected chi connectivity index (χ1v) is 5.69. The molecule has 0 amide bonds. The minimum atomic E-state index is -0.839. The molecule has 0 unspecified atom stereocenters. The van der Waals surface area contributed by atoms with Crippen LogP contribution >= 0.6 is 0 Å². The van der Waals surface area contributed by atoms with Crippen molar-refractivity contribution in [2.24, 2.45) is 5.41 Å². The van der Waals surface area contributed by atoms with Gasteiger partial charge in [-0.25, -0.2) is 4.68 Å². The fourth-order valence-corrected chi connectivity index (χ4v) is 1.69. The van der Waals surface area contributed by atoms with Crippen LogP contribution in [0.25, 0.3) is 5.69 Å². The smallest absolute Gasteiger partial charge is 0.309 e. The molecule has 5 nitrogen and oxygen atoms in total. The van der Waals surface area contributed by atoms with Gasteiger partial charge in [-0.1, -0.05) is 23.4 Å². The first-order valence-electron chi connectivity index (χ1n) is 5.69. The molecule has 2 rings (SSSR count). The summed E-state index contributed by atoms with van der Waals surface area (Å²) in [5.41, 5.74) is 0.827. The number of carboxylic acid groups (broad SMARTS) is 1. The molecule has 0 spiro atoms. The van der Waals surface area contributed by atoms with Gasteiger partial charge in [0.2, 0.25) is 0 Å². The molecule has 2 aromatic rings. The lowest BCUT2D eigenvalue weighted by Gasteiger charge is -2.18. The molecule has 5 heteroatoms. The molecule has 0 atom stereocenters. The summed E-state index contributed by atoms with van der Waals surface area (Å²) in [6.07, 6.45) is 1.99. The maximum atomic E-state index is 11.1. The van der Waals surface area contributed by atoms with E-state index in [2.05, 4.69) is 10.3 Å². The largest absolute Gasteiger partial charge is 0.481 e. The molecule has 1 aromatic heterocycles. The summed E-state index contributed by atoms with van der Waals surface area (Å²) in [6, 6.07) is 9.55. The van der Waals surface area contributed by atoms with Gasteiger partial charge in [0.05, 0.1) is 23.0 Å². The number of nitrogens with zero attached hydrogens (tertiary/aromatic N) is 3. The van der Waals surface area contributed by atoms with Gasteiger partial charge in [-0.3, -0.25) is 4.79 Å². The third-order valence-electron chi connectivity index (χ3n) is 2.82. The summed E-state index contributed by atoms with van der Waals surface area (Å²) in [5.74, 6) is -0.830. The minimum Gasteiger partial charge on any atom is -0.481 e. The maximum absolute atomic E-state index is 11.1. The molecule has 0 fully saturated rings. The van der Waals surface area contributed by atoms with Crippen LogP contribution in [0.5, 0.6) is 0 Å². The van der Waals surface area contributed by atoms with Crippen LogP contribution in [0.4, 0.5) is 0 Å². The average Bonchev–Trinajstić information content (AvgIpc) is 2.77. The van der Waals surface area contributed by atoms with Gasteiger partial charge in [-0.05, 0) is 26.0 Å². The van der Waals surface area contributed by atoms with E-state index in [4.69, 9.17) is 5.11 Å². The standard InChI is InChI=1S/C13H15N3O2/c1-13(2,12(17)18)8-11-9-14-15-16(11)10-6-4-3-5-7-10/h3-7,9H,8H2,1-2H3,(H,17,18). The van der Waals surface area contributed by atoms with Crippen LogP contribution in [-0.4, -0.2) is 26.1 Å². The molecule has 0 saturated carbocycles. The summed E-state index contributed by atoms with van der Waals surface area (Å²) in [6.45, 7) is 3.38. The van der Waals surface area contributed by atoms with E-state index < -0.39 is 11.4 Å². The molecule has 94 valence electrons. The fraction of sp³-hybridized carbons (Fsp3) is 0.308. The fourth-order valence-electron chi connectivity index (χ4n) is 1.69. The predicted molar refractivity (Wildman–Crippen MR) is 66.5 cm³/mol. The van der Waals surface area contributed by atoms with Gasteiger partial charge in [0, 0.05) is 6.42 Å². The van der Waals surface area contributed by atoms with Crippen LogP contribution < -0.4 is 0 Å². The van der Waals surface area contributed by atoms with Crippen LogP contribution in [0.15, 0.2) is 36.5 Å². The van der Waals surface area contributed by atoms with Crippen molar-refractivity contribution >= 4 is 5.97 Å². The van der Waals surface area contributed by atoms with Gasteiger partial charge >= 0.3 is 5.97 Å². The lowest BCUT2D eigenvalue weighted by atomic mass is 9.88. The highest BCUT2D eigenvalue weighted by Gasteiger charge is 2.29. The number of para-hydroxylation sites is 1. The van der Waals surface area contributed by atoms with Crippen molar-refractivity contribution in [3.63, 3.8) is 0 Å². The molecular weight excluding hydrogens is 230 g/mol. The zero-order valence-corrected chi connectivity index (χ0v) is 10.4. The molecule has 1 aromatic carbocycles. The second-order valence-corrected chi connectivity index (χ2v) is 4.84. The van der Waals surface area contributed by atoms with Crippen LogP contribution in [0, 0.1) is 5.41 Å². The Labute approximate surface area is 105 Å². The van der Waals surface area contributed by atoms with Crippen LogP contribution in [0.2, 0.25) is 0 Å². The zero-order chi connectivity index (χ0) is 13.2. The van der Waals surface area contributed by atoms with Crippen LogP contribution in [0.1, 0.15) is 19.5 Å². The maximum Gasteiger partial charge on any atom is 0.309 e. The van der Waals surface area contributed by atoms with E-state index in [1.807, 2.05) is 30.3 Å². The third kappa shape index (κ3) is 2.40. The molecule has 0 aliphatic carbocycles. The van der Waals surface area contributed by atoms with Crippen molar-refractivity contribution in [3.8, 4) is 5.69 Å². The Morgan fingerprint density at radius 2 is 2.00 bits per heavy atom. The molecule has 1 N–H and O–H groups in total. The van der Waals surface area contributed by atoms with Crippen LogP contribution in [0.3, 0.4) is 0 Å². The van der Waals surface area contributed by atoms with Crippen molar-refractivity contribution in [2.75, 3.05) is 0 Å². The summed E-state index contributed by atoms with van der Waals surface area (Å²) >= 11 is 0. The second-order valence-electron chi connectivity index (χ2n) is 4.84. The molecule has 0 aliphatic rings. The lowest BCUT2D eigenvalue weighted by Crippen LogP contribution is -2.27. The van der Waals surface area contributed by atoms with E-state index in [-0.39, 0.29) is 0 Å². The van der Waals surface area contributed by atoms with E-state index >= 15 is 0 Å². The molecule has 0 radical (unpaired) electrons. The molecule has 0 aliphatic heterocycles. The molecule has 1 heterocycles. The molecule has 0 saturated heterocycles. The van der Waals surface area contributed by atoms with Crippen molar-refractivity contribution in [1.29, 1.82) is 0 Å². The summed E-state index contributed by atoms with van der Waals surface area (Å²) < 4.78 is 1.67. The summed E-state index contributed by atoms with van der Waals surface area (Å²) in [4.78, 5) is 11.1. The molecule has 0 bridgehead atoms. The monoisotopic (exact) mass is 245 g/mol. The number of hydrogen-bond acceptors (Lipinski definition) is 3. The summed E-state index contributed by atoms with van der Waals surface area (Å²) in [5, 5.41) is 17.0. The van der Waals surface area contributed by atoms with E-state index in [1.165, 1.54) is 0 Å². The van der Waals surface area contributed by atoms with Gasteiger partial charge in [0.1, 0.15) is 0 Å². The van der Waals surface area contributed by atoms with Crippen molar-refractivity contribution in [1.82, 2.24) is 15.0 Å². The number of rotatable bonds is 4. The Hall–Kier alpha value is -2.17. The van der Waals surface area contributed by atoms with Crippen LogP contribution in [-0.2, 0) is 11.2 Å². The predicted octanol–water partition coefficient (Wildman–Crippen LogP) is 1.92. The average molecular weight is 245 g/mol. The van der Waals surface area contributed by atoms with Crippen molar-refractivity contribution < 1.29 is 9.90 Å². The highest BCUT2D eigenvalue weighted by atomic mass is 16.4. The number of carboxylic acids is 1. The van der Waals surface area contributed by atoms with Gasteiger partial charge in [0.25, 0.3) is 0 Å². The Balaban J connectivity index is 2.32. The summed E-state index contributed by atoms with van der Waals surface area (Å²) in [7, 11) is 0. The highest BCUT2D eigenvalue weighted by Crippen LogP contribution is 2.22. The van der Waals surface area contributed by atoms with Gasteiger partial charge in [-0.2, -0.15) is 0 Å². The minimum absolute atomic E-state index is 0.379. The Morgan fingerprint density at radius 3 is 2.61 bits per heavy atom. The molecule has 18 heavy (non-hydrogen) atoms. The topological polar surface area (TPSA) is 68.0 Å². The van der Waals surface area contributed by atoms with Crippen molar-refractivity contribution in [2.45, 2.75) is 20.3 Å². The number of benzene rings is 1. The first-order chi connectivity index (χ1) is 8.50. The quantitative estimate of drug-likeness (QED) is 0.893. The third-order valence-corrected chi connectivity index (χ3v) is 2.82. The number of aliphatic carboxylic acids is 1. The van der Waals surface area contributed by atoms with Gasteiger partial charge in [-0.15, -0.1) is 5.10 Å². The van der Waals surface area contributed by atoms with Gasteiger partial charge < -0.3 is 5.11 Å². The van der Waals surface area contributed by atoms with E-state index in [0.717, 1.165) is 11.4 Å². The number of hydrogen-bond donors (Lipinski definition) is 1. The zero-order valence-electron chi connectivity index (χ0n) is 10.4. The Kier molecular flexibility index (Phi) is 3.14. The van der Waals surface area contributed by atoms with Gasteiger partial charge in [0.15, 0.2) is 0 Å². The number of aromatic nitrogens is 3. The van der Waals surface area contributed by atoms with E-state index in [0.29, 0.717) is 6.42 Å². The number of carbonyl (C=O) groups is 1.